The number of phenols is 1. The molecule has 0 atom stereocenters. The third-order valence-corrected chi connectivity index (χ3v) is 4.33. The number of hydrogen-bond acceptors (Lipinski definition) is 4. The van der Waals surface area contributed by atoms with Gasteiger partial charge >= 0.3 is 6.18 Å². The number of nitrogens with zero attached hydrogens (tertiary/aromatic N) is 2. The molecule has 2 aromatic carbocycles. The second kappa shape index (κ2) is 6.26. The molecule has 2 heterocycles. The molecular weight excluding hydrogens is 373 g/mol. The molecule has 0 spiro atoms. The Hall–Kier alpha value is -3.55. The van der Waals surface area contributed by atoms with Gasteiger partial charge in [-0.3, -0.25) is 4.79 Å². The number of para-hydroxylation sites is 1. The van der Waals surface area contributed by atoms with Crippen LogP contribution in [0.3, 0.4) is 0 Å². The number of alkyl halides is 3. The summed E-state index contributed by atoms with van der Waals surface area (Å²) in [4.78, 5) is 13.0. The fraction of sp³-hybridized carbons (Fsp3) is 0.100. The Kier molecular flexibility index (Phi) is 3.99. The van der Waals surface area contributed by atoms with E-state index in [0.717, 1.165) is 6.07 Å². The zero-order valence-electron chi connectivity index (χ0n) is 14.5. The van der Waals surface area contributed by atoms with Crippen molar-refractivity contribution in [1.82, 2.24) is 9.78 Å². The molecule has 1 N–H and O–H groups in total. The summed E-state index contributed by atoms with van der Waals surface area (Å²) in [5.41, 5.74) is -0.842. The van der Waals surface area contributed by atoms with Crippen molar-refractivity contribution >= 4 is 11.0 Å². The first-order valence-electron chi connectivity index (χ1n) is 8.24. The average molecular weight is 386 g/mol. The van der Waals surface area contributed by atoms with Crippen LogP contribution in [0.4, 0.5) is 13.2 Å². The number of fused-ring (bicyclic) bond motifs is 1. The second-order valence-corrected chi connectivity index (χ2v) is 6.28. The summed E-state index contributed by atoms with van der Waals surface area (Å²) in [6, 6.07) is 11.1. The van der Waals surface area contributed by atoms with Gasteiger partial charge in [-0.15, -0.1) is 0 Å². The Labute approximate surface area is 156 Å². The predicted molar refractivity (Wildman–Crippen MR) is 96.4 cm³/mol. The highest BCUT2D eigenvalue weighted by atomic mass is 19.4. The highest BCUT2D eigenvalue weighted by Gasteiger charge is 2.40. The molecule has 142 valence electrons. The van der Waals surface area contributed by atoms with Crippen molar-refractivity contribution in [1.29, 1.82) is 0 Å². The maximum Gasteiger partial charge on any atom is 0.450 e. The third-order valence-electron chi connectivity index (χ3n) is 4.33. The van der Waals surface area contributed by atoms with Crippen LogP contribution in [0, 0.1) is 6.92 Å². The fourth-order valence-corrected chi connectivity index (χ4v) is 3.13. The molecule has 0 aliphatic carbocycles. The molecular formula is C20H13F3N2O3. The SMILES string of the molecule is Cc1cc(O)cc2oc(C(F)(F)F)c(-c3cnn(-c4ccccc4)c3)c(=O)c12. The summed E-state index contributed by atoms with van der Waals surface area (Å²) >= 11 is 0. The summed E-state index contributed by atoms with van der Waals surface area (Å²) in [7, 11) is 0. The Bertz CT molecular complexity index is 1240. The third kappa shape index (κ3) is 2.92. The molecule has 28 heavy (non-hydrogen) atoms. The van der Waals surface area contributed by atoms with Gasteiger partial charge in [-0.05, 0) is 30.7 Å². The minimum Gasteiger partial charge on any atom is -0.508 e. The number of aromatic nitrogens is 2. The van der Waals surface area contributed by atoms with E-state index < -0.39 is 22.9 Å². The van der Waals surface area contributed by atoms with Crippen molar-refractivity contribution < 1.29 is 22.7 Å². The molecule has 4 rings (SSSR count). The number of phenolic OH excluding ortho intramolecular Hbond substituents is 1. The minimum atomic E-state index is -4.91. The highest BCUT2D eigenvalue weighted by molar-refractivity contribution is 5.86. The number of aryl methyl sites for hydroxylation is 1. The maximum absolute atomic E-state index is 13.7. The Morgan fingerprint density at radius 3 is 2.54 bits per heavy atom. The number of benzene rings is 2. The minimum absolute atomic E-state index is 0.0145. The molecule has 0 bridgehead atoms. The normalized spacial score (nSPS) is 11.9. The van der Waals surface area contributed by atoms with Gasteiger partial charge < -0.3 is 9.52 Å². The summed E-state index contributed by atoms with van der Waals surface area (Å²) in [5, 5.41) is 13.7. The summed E-state index contributed by atoms with van der Waals surface area (Å²) < 4.78 is 47.4. The van der Waals surface area contributed by atoms with Gasteiger partial charge in [-0.1, -0.05) is 18.2 Å². The molecule has 5 nitrogen and oxygen atoms in total. The Balaban J connectivity index is 2.02. The molecule has 0 aliphatic heterocycles. The number of rotatable bonds is 2. The van der Waals surface area contributed by atoms with Crippen LogP contribution in [0.5, 0.6) is 5.75 Å². The van der Waals surface area contributed by atoms with Gasteiger partial charge in [0.15, 0.2) is 0 Å². The first-order valence-corrected chi connectivity index (χ1v) is 8.24. The molecule has 0 saturated carbocycles. The molecule has 8 heteroatoms. The fourth-order valence-electron chi connectivity index (χ4n) is 3.13. The Morgan fingerprint density at radius 1 is 1.14 bits per heavy atom. The molecule has 0 unspecified atom stereocenters. The first kappa shape index (κ1) is 17.8. The highest BCUT2D eigenvalue weighted by Crippen LogP contribution is 2.38. The lowest BCUT2D eigenvalue weighted by molar-refractivity contribution is -0.152. The quantitative estimate of drug-likeness (QED) is 0.543. The van der Waals surface area contributed by atoms with E-state index in [2.05, 4.69) is 5.10 Å². The van der Waals surface area contributed by atoms with Crippen LogP contribution in [0.25, 0.3) is 27.8 Å². The van der Waals surface area contributed by atoms with E-state index >= 15 is 0 Å². The van der Waals surface area contributed by atoms with Crippen LogP contribution >= 0.6 is 0 Å². The molecule has 0 aliphatic rings. The average Bonchev–Trinajstić information content (AvgIpc) is 3.10. The van der Waals surface area contributed by atoms with Crippen molar-refractivity contribution in [2.24, 2.45) is 0 Å². The van der Waals surface area contributed by atoms with Gasteiger partial charge in [0.05, 0.1) is 22.8 Å². The van der Waals surface area contributed by atoms with Gasteiger partial charge in [-0.25, -0.2) is 4.68 Å². The number of halogens is 3. The van der Waals surface area contributed by atoms with Gasteiger partial charge in [0.2, 0.25) is 11.2 Å². The van der Waals surface area contributed by atoms with Crippen LogP contribution in [0.15, 0.2) is 64.1 Å². The van der Waals surface area contributed by atoms with Crippen LogP contribution in [-0.4, -0.2) is 14.9 Å². The van der Waals surface area contributed by atoms with Crippen LogP contribution in [0.2, 0.25) is 0 Å². The maximum atomic E-state index is 13.7. The lowest BCUT2D eigenvalue weighted by atomic mass is 10.0. The van der Waals surface area contributed by atoms with Crippen LogP contribution < -0.4 is 5.43 Å². The van der Waals surface area contributed by atoms with E-state index in [1.807, 2.05) is 0 Å². The summed E-state index contributed by atoms with van der Waals surface area (Å²) in [5.74, 6) is -1.71. The first-order chi connectivity index (χ1) is 13.3. The summed E-state index contributed by atoms with van der Waals surface area (Å²) in [6.45, 7) is 1.52. The van der Waals surface area contributed by atoms with Crippen molar-refractivity contribution in [3.63, 3.8) is 0 Å². The van der Waals surface area contributed by atoms with E-state index in [9.17, 15) is 23.1 Å². The zero-order valence-corrected chi connectivity index (χ0v) is 14.5. The topological polar surface area (TPSA) is 68.3 Å². The van der Waals surface area contributed by atoms with Crippen molar-refractivity contribution in [2.45, 2.75) is 13.1 Å². The van der Waals surface area contributed by atoms with Gasteiger partial charge in [0.1, 0.15) is 11.3 Å². The van der Waals surface area contributed by atoms with Crippen molar-refractivity contribution in [3.8, 4) is 22.6 Å². The van der Waals surface area contributed by atoms with Gasteiger partial charge in [0.25, 0.3) is 0 Å². The zero-order chi connectivity index (χ0) is 20.1. The van der Waals surface area contributed by atoms with E-state index in [1.165, 1.54) is 30.1 Å². The molecule has 0 fully saturated rings. The van der Waals surface area contributed by atoms with E-state index in [0.29, 0.717) is 11.3 Å². The van der Waals surface area contributed by atoms with Crippen molar-refractivity contribution in [3.05, 3.63) is 76.4 Å². The molecule has 0 saturated heterocycles. The smallest absolute Gasteiger partial charge is 0.450 e. The monoisotopic (exact) mass is 386 g/mol. The molecule has 0 amide bonds. The number of hydrogen-bond donors (Lipinski definition) is 1. The molecule has 4 aromatic rings. The van der Waals surface area contributed by atoms with Gasteiger partial charge in [-0.2, -0.15) is 18.3 Å². The van der Waals surface area contributed by atoms with E-state index in [-0.39, 0.29) is 22.3 Å². The second-order valence-electron chi connectivity index (χ2n) is 6.28. The summed E-state index contributed by atoms with van der Waals surface area (Å²) in [6.07, 6.45) is -2.37. The lowest BCUT2D eigenvalue weighted by Crippen LogP contribution is -2.16. The van der Waals surface area contributed by atoms with Gasteiger partial charge in [0, 0.05) is 17.8 Å². The van der Waals surface area contributed by atoms with Crippen LogP contribution in [-0.2, 0) is 6.18 Å². The lowest BCUT2D eigenvalue weighted by Gasteiger charge is -2.12. The van der Waals surface area contributed by atoms with Crippen LogP contribution in [0.1, 0.15) is 11.3 Å². The number of aromatic hydroxyl groups is 1. The molecule has 2 aromatic heterocycles. The van der Waals surface area contributed by atoms with E-state index in [1.54, 1.807) is 30.3 Å². The largest absolute Gasteiger partial charge is 0.508 e. The predicted octanol–water partition coefficient (Wildman–Crippen LogP) is 4.68. The Morgan fingerprint density at radius 2 is 1.86 bits per heavy atom. The van der Waals surface area contributed by atoms with Crippen molar-refractivity contribution in [2.75, 3.05) is 0 Å². The molecule has 0 radical (unpaired) electrons. The standard InChI is InChI=1S/C20H13F3N2O3/c1-11-7-14(26)8-15-16(11)18(27)17(19(28-15)20(21,22)23)12-9-24-25(10-12)13-5-3-2-4-6-13/h2-10,26H,1H3. The van der Waals surface area contributed by atoms with E-state index in [4.69, 9.17) is 4.42 Å².